The number of rotatable bonds is 8. The smallest absolute Gasteiger partial charge is 0.223 e. The standard InChI is InChI=1S/C20H28N2O2/c1-3-13-22-14-10-19(11-15-22)20(23)21-12-7-16-24-17(2)18-8-5-4-6-9-18/h1,4-6,8-9,17,19H,7,10-16H2,2H3,(H,21,23). The SMILES string of the molecule is C#CCN1CCC(C(=O)NCCCOC(C)c2ccccc2)CC1. The molecular formula is C20H28N2O2. The highest BCUT2D eigenvalue weighted by Gasteiger charge is 2.24. The second-order valence-electron chi connectivity index (χ2n) is 6.32. The Bertz CT molecular complexity index is 530. The summed E-state index contributed by atoms with van der Waals surface area (Å²) in [6, 6.07) is 10.2. The number of terminal acetylenes is 1. The van der Waals surface area contributed by atoms with Crippen molar-refractivity contribution in [3.8, 4) is 12.3 Å². The lowest BCUT2D eigenvalue weighted by Gasteiger charge is -2.29. The fourth-order valence-corrected chi connectivity index (χ4v) is 2.99. The van der Waals surface area contributed by atoms with E-state index in [0.717, 1.165) is 32.4 Å². The molecule has 1 aliphatic heterocycles. The molecule has 1 N–H and O–H groups in total. The topological polar surface area (TPSA) is 41.6 Å². The Balaban J connectivity index is 1.56. The zero-order chi connectivity index (χ0) is 17.2. The molecule has 2 rings (SSSR count). The van der Waals surface area contributed by atoms with Crippen molar-refractivity contribution in [1.29, 1.82) is 0 Å². The maximum absolute atomic E-state index is 12.2. The predicted molar refractivity (Wildman–Crippen MR) is 96.4 cm³/mol. The van der Waals surface area contributed by atoms with E-state index in [-0.39, 0.29) is 17.9 Å². The van der Waals surface area contributed by atoms with E-state index in [0.29, 0.717) is 19.7 Å². The van der Waals surface area contributed by atoms with E-state index in [1.54, 1.807) is 0 Å². The first-order valence-corrected chi connectivity index (χ1v) is 8.80. The molecule has 1 fully saturated rings. The number of carbonyl (C=O) groups excluding carboxylic acids is 1. The Labute approximate surface area is 145 Å². The van der Waals surface area contributed by atoms with Crippen LogP contribution in [0.25, 0.3) is 0 Å². The zero-order valence-electron chi connectivity index (χ0n) is 14.5. The average molecular weight is 328 g/mol. The molecule has 1 amide bonds. The van der Waals surface area contributed by atoms with E-state index >= 15 is 0 Å². The minimum atomic E-state index is 0.0855. The molecule has 130 valence electrons. The Morgan fingerprint density at radius 1 is 1.38 bits per heavy atom. The van der Waals surface area contributed by atoms with Crippen LogP contribution in [0.5, 0.6) is 0 Å². The molecule has 1 aromatic carbocycles. The second-order valence-corrected chi connectivity index (χ2v) is 6.32. The highest BCUT2D eigenvalue weighted by Crippen LogP contribution is 2.17. The summed E-state index contributed by atoms with van der Waals surface area (Å²) in [6.45, 7) is 5.89. The minimum absolute atomic E-state index is 0.0855. The van der Waals surface area contributed by atoms with Gasteiger partial charge in [-0.2, -0.15) is 0 Å². The molecule has 1 atom stereocenters. The highest BCUT2D eigenvalue weighted by molar-refractivity contribution is 5.78. The van der Waals surface area contributed by atoms with Crippen LogP contribution in [0, 0.1) is 18.3 Å². The van der Waals surface area contributed by atoms with Crippen molar-refractivity contribution in [3.05, 3.63) is 35.9 Å². The van der Waals surface area contributed by atoms with Crippen molar-refractivity contribution in [2.45, 2.75) is 32.3 Å². The van der Waals surface area contributed by atoms with Crippen molar-refractivity contribution >= 4 is 5.91 Å². The van der Waals surface area contributed by atoms with Crippen molar-refractivity contribution < 1.29 is 9.53 Å². The first kappa shape index (κ1) is 18.5. The number of nitrogens with one attached hydrogen (secondary N) is 1. The monoisotopic (exact) mass is 328 g/mol. The van der Waals surface area contributed by atoms with Gasteiger partial charge in [0.1, 0.15) is 0 Å². The van der Waals surface area contributed by atoms with Crippen LogP contribution in [0.3, 0.4) is 0 Å². The number of nitrogens with zero attached hydrogens (tertiary/aromatic N) is 1. The molecule has 0 bridgehead atoms. The van der Waals surface area contributed by atoms with Gasteiger partial charge in [0.15, 0.2) is 0 Å². The molecule has 1 aromatic rings. The number of hydrogen-bond acceptors (Lipinski definition) is 3. The maximum atomic E-state index is 12.2. The van der Waals surface area contributed by atoms with Gasteiger partial charge in [0, 0.05) is 19.1 Å². The Morgan fingerprint density at radius 3 is 2.75 bits per heavy atom. The molecule has 0 aromatic heterocycles. The molecule has 1 aliphatic rings. The summed E-state index contributed by atoms with van der Waals surface area (Å²) in [6.07, 6.45) is 8.04. The molecule has 24 heavy (non-hydrogen) atoms. The lowest BCUT2D eigenvalue weighted by molar-refractivity contribution is -0.126. The van der Waals surface area contributed by atoms with Gasteiger partial charge in [-0.05, 0) is 44.8 Å². The lowest BCUT2D eigenvalue weighted by Crippen LogP contribution is -2.40. The third-order valence-electron chi connectivity index (χ3n) is 4.53. The van der Waals surface area contributed by atoms with Gasteiger partial charge in [-0.15, -0.1) is 6.42 Å². The highest BCUT2D eigenvalue weighted by atomic mass is 16.5. The molecule has 0 radical (unpaired) electrons. The molecule has 0 spiro atoms. The van der Waals surface area contributed by atoms with E-state index < -0.39 is 0 Å². The van der Waals surface area contributed by atoms with Crippen molar-refractivity contribution in [2.75, 3.05) is 32.8 Å². The summed E-state index contributed by atoms with van der Waals surface area (Å²) in [5, 5.41) is 3.03. The third kappa shape index (κ3) is 5.99. The Hall–Kier alpha value is -1.83. The van der Waals surface area contributed by atoms with E-state index in [4.69, 9.17) is 11.2 Å². The summed E-state index contributed by atoms with van der Waals surface area (Å²) in [5.74, 6) is 2.96. The number of likely N-dealkylation sites (tertiary alicyclic amines) is 1. The number of carbonyl (C=O) groups is 1. The fourth-order valence-electron chi connectivity index (χ4n) is 2.99. The summed E-state index contributed by atoms with van der Waals surface area (Å²) in [7, 11) is 0. The normalized spacial score (nSPS) is 17.2. The van der Waals surface area contributed by atoms with Crippen LogP contribution >= 0.6 is 0 Å². The first-order chi connectivity index (χ1) is 11.7. The molecule has 4 nitrogen and oxygen atoms in total. The predicted octanol–water partition coefficient (Wildman–Crippen LogP) is 2.62. The molecule has 1 heterocycles. The van der Waals surface area contributed by atoms with Crippen LogP contribution in [0.15, 0.2) is 30.3 Å². The van der Waals surface area contributed by atoms with Gasteiger partial charge in [-0.3, -0.25) is 9.69 Å². The Morgan fingerprint density at radius 2 is 2.08 bits per heavy atom. The van der Waals surface area contributed by atoms with Crippen molar-refractivity contribution in [2.24, 2.45) is 5.92 Å². The Kier molecular flexibility index (Phi) is 7.81. The molecule has 1 unspecified atom stereocenters. The summed E-state index contributed by atoms with van der Waals surface area (Å²) >= 11 is 0. The average Bonchev–Trinajstić information content (AvgIpc) is 2.62. The second kappa shape index (κ2) is 10.1. The van der Waals surface area contributed by atoms with Gasteiger partial charge in [0.05, 0.1) is 12.6 Å². The van der Waals surface area contributed by atoms with Gasteiger partial charge in [-0.25, -0.2) is 0 Å². The van der Waals surface area contributed by atoms with Crippen LogP contribution in [0.2, 0.25) is 0 Å². The van der Waals surface area contributed by atoms with E-state index in [2.05, 4.69) is 35.2 Å². The summed E-state index contributed by atoms with van der Waals surface area (Å²) < 4.78 is 5.82. The lowest BCUT2D eigenvalue weighted by atomic mass is 9.96. The van der Waals surface area contributed by atoms with Gasteiger partial charge >= 0.3 is 0 Å². The van der Waals surface area contributed by atoms with Crippen LogP contribution in [-0.4, -0.2) is 43.6 Å². The molecule has 0 aliphatic carbocycles. The third-order valence-corrected chi connectivity index (χ3v) is 4.53. The zero-order valence-corrected chi connectivity index (χ0v) is 14.5. The summed E-state index contributed by atoms with van der Waals surface area (Å²) in [5.41, 5.74) is 1.18. The molecule has 0 saturated carbocycles. The molecule has 4 heteroatoms. The van der Waals surface area contributed by atoms with Gasteiger partial charge in [0.2, 0.25) is 5.91 Å². The van der Waals surface area contributed by atoms with Crippen LogP contribution in [0.4, 0.5) is 0 Å². The van der Waals surface area contributed by atoms with Gasteiger partial charge in [-0.1, -0.05) is 36.3 Å². The van der Waals surface area contributed by atoms with Crippen molar-refractivity contribution in [1.82, 2.24) is 10.2 Å². The number of benzene rings is 1. The van der Waals surface area contributed by atoms with Gasteiger partial charge < -0.3 is 10.1 Å². The van der Waals surface area contributed by atoms with Gasteiger partial charge in [0.25, 0.3) is 0 Å². The van der Waals surface area contributed by atoms with Crippen LogP contribution < -0.4 is 5.32 Å². The number of hydrogen-bond donors (Lipinski definition) is 1. The fraction of sp³-hybridized carbons (Fsp3) is 0.550. The quantitative estimate of drug-likeness (QED) is 0.589. The van der Waals surface area contributed by atoms with E-state index in [9.17, 15) is 4.79 Å². The van der Waals surface area contributed by atoms with Crippen LogP contribution in [-0.2, 0) is 9.53 Å². The number of piperidine rings is 1. The largest absolute Gasteiger partial charge is 0.374 e. The summed E-state index contributed by atoms with van der Waals surface area (Å²) in [4.78, 5) is 14.4. The number of amides is 1. The first-order valence-electron chi connectivity index (χ1n) is 8.80. The van der Waals surface area contributed by atoms with E-state index in [1.807, 2.05) is 18.2 Å². The van der Waals surface area contributed by atoms with Crippen molar-refractivity contribution in [3.63, 3.8) is 0 Å². The van der Waals surface area contributed by atoms with Crippen LogP contribution in [0.1, 0.15) is 37.9 Å². The van der Waals surface area contributed by atoms with E-state index in [1.165, 1.54) is 5.56 Å². The minimum Gasteiger partial charge on any atom is -0.374 e. The maximum Gasteiger partial charge on any atom is 0.223 e. The molecule has 1 saturated heterocycles. The number of ether oxygens (including phenoxy) is 1. The molecular weight excluding hydrogens is 300 g/mol.